The number of carbonyl (C=O) groups is 1. The predicted molar refractivity (Wildman–Crippen MR) is 85.9 cm³/mol. The molecule has 0 N–H and O–H groups in total. The van der Waals surface area contributed by atoms with Crippen LogP contribution in [0.5, 0.6) is 0 Å². The molecule has 0 spiro atoms. The Morgan fingerprint density at radius 1 is 1.30 bits per heavy atom. The summed E-state index contributed by atoms with van der Waals surface area (Å²) < 4.78 is 3.76. The summed E-state index contributed by atoms with van der Waals surface area (Å²) in [7, 11) is 0. The van der Waals surface area contributed by atoms with Crippen molar-refractivity contribution in [1.29, 1.82) is 0 Å². The monoisotopic (exact) mass is 309 g/mol. The van der Waals surface area contributed by atoms with E-state index in [0.29, 0.717) is 12.3 Å². The van der Waals surface area contributed by atoms with Gasteiger partial charge < -0.3 is 4.79 Å². The zero-order valence-corrected chi connectivity index (χ0v) is 12.9. The van der Waals surface area contributed by atoms with Gasteiger partial charge in [0, 0.05) is 24.4 Å². The van der Waals surface area contributed by atoms with Crippen molar-refractivity contribution in [2.45, 2.75) is 38.1 Å². The highest BCUT2D eigenvalue weighted by molar-refractivity contribution is 5.75. The first kappa shape index (κ1) is 14.1. The Hall–Kier alpha value is -2.50. The van der Waals surface area contributed by atoms with Crippen molar-refractivity contribution in [2.75, 3.05) is 0 Å². The second kappa shape index (κ2) is 5.95. The number of hydrogen-bond donors (Lipinski definition) is 0. The molecule has 3 aromatic rings. The second-order valence-corrected chi connectivity index (χ2v) is 6.17. The molecular weight excluding hydrogens is 290 g/mol. The molecule has 0 radical (unpaired) electrons. The van der Waals surface area contributed by atoms with Crippen LogP contribution in [-0.4, -0.2) is 30.7 Å². The van der Waals surface area contributed by atoms with Gasteiger partial charge in [0.1, 0.15) is 18.3 Å². The molecule has 3 aromatic heterocycles. The fourth-order valence-corrected chi connectivity index (χ4v) is 3.69. The summed E-state index contributed by atoms with van der Waals surface area (Å²) in [6, 6.07) is 4.10. The molecule has 0 amide bonds. The third-order valence-electron chi connectivity index (χ3n) is 4.83. The molecule has 0 saturated heterocycles. The Labute approximate surface area is 134 Å². The third kappa shape index (κ3) is 2.54. The van der Waals surface area contributed by atoms with Crippen molar-refractivity contribution >= 4 is 11.8 Å². The van der Waals surface area contributed by atoms with Gasteiger partial charge in [-0.2, -0.15) is 10.2 Å². The molecule has 0 aromatic carbocycles. The van der Waals surface area contributed by atoms with E-state index in [-0.39, 0.29) is 6.04 Å². The predicted octanol–water partition coefficient (Wildman–Crippen LogP) is 2.91. The van der Waals surface area contributed by atoms with Gasteiger partial charge in [0.05, 0.1) is 17.8 Å². The van der Waals surface area contributed by atoms with Crippen molar-refractivity contribution in [2.24, 2.45) is 5.92 Å². The molecule has 0 aliphatic heterocycles. The van der Waals surface area contributed by atoms with Gasteiger partial charge >= 0.3 is 0 Å². The molecule has 4 rings (SSSR count). The van der Waals surface area contributed by atoms with E-state index in [0.717, 1.165) is 23.1 Å². The first-order valence-electron chi connectivity index (χ1n) is 8.13. The number of aromatic nitrogens is 5. The van der Waals surface area contributed by atoms with E-state index in [4.69, 9.17) is 0 Å². The Morgan fingerprint density at radius 2 is 2.17 bits per heavy atom. The van der Waals surface area contributed by atoms with Crippen molar-refractivity contribution in [3.8, 4) is 11.3 Å². The molecular formula is C17H19N5O. The average molecular weight is 309 g/mol. The quantitative estimate of drug-likeness (QED) is 0.680. The molecule has 1 aliphatic carbocycles. The van der Waals surface area contributed by atoms with Crippen LogP contribution in [-0.2, 0) is 4.79 Å². The lowest BCUT2D eigenvalue weighted by atomic mass is 9.96. The lowest BCUT2D eigenvalue weighted by Gasteiger charge is -2.21. The molecule has 6 nitrogen and oxygen atoms in total. The van der Waals surface area contributed by atoms with Gasteiger partial charge in [0.15, 0.2) is 0 Å². The van der Waals surface area contributed by atoms with Crippen molar-refractivity contribution < 1.29 is 4.79 Å². The number of carbonyl (C=O) groups excluding carboxylic acids is 1. The highest BCUT2D eigenvalue weighted by Gasteiger charge is 2.27. The van der Waals surface area contributed by atoms with Gasteiger partial charge in [-0.15, -0.1) is 0 Å². The third-order valence-corrected chi connectivity index (χ3v) is 4.83. The van der Waals surface area contributed by atoms with Gasteiger partial charge in [-0.1, -0.05) is 12.8 Å². The highest BCUT2D eigenvalue weighted by atomic mass is 16.1. The zero-order valence-electron chi connectivity index (χ0n) is 12.9. The Kier molecular flexibility index (Phi) is 3.65. The highest BCUT2D eigenvalue weighted by Crippen LogP contribution is 2.36. The Balaban J connectivity index is 1.70. The van der Waals surface area contributed by atoms with E-state index >= 15 is 0 Å². The van der Waals surface area contributed by atoms with Crippen LogP contribution in [0.15, 0.2) is 37.1 Å². The van der Waals surface area contributed by atoms with E-state index in [1.165, 1.54) is 25.7 Å². The van der Waals surface area contributed by atoms with E-state index in [2.05, 4.69) is 15.2 Å². The lowest BCUT2D eigenvalue weighted by molar-refractivity contribution is -0.108. The van der Waals surface area contributed by atoms with E-state index in [9.17, 15) is 4.79 Å². The molecule has 118 valence electrons. The summed E-state index contributed by atoms with van der Waals surface area (Å²) in [5.74, 6) is 0.548. The minimum atomic E-state index is 0.161. The molecule has 3 heterocycles. The number of rotatable bonds is 5. The first-order valence-corrected chi connectivity index (χ1v) is 8.13. The minimum Gasteiger partial charge on any atom is -0.303 e. The fourth-order valence-electron chi connectivity index (χ4n) is 3.69. The number of aldehydes is 1. The summed E-state index contributed by atoms with van der Waals surface area (Å²) in [5, 5.41) is 8.73. The fraction of sp³-hybridized carbons (Fsp3) is 0.412. The van der Waals surface area contributed by atoms with Gasteiger partial charge in [-0.05, 0) is 30.9 Å². The van der Waals surface area contributed by atoms with Crippen LogP contribution in [0.4, 0.5) is 0 Å². The summed E-state index contributed by atoms with van der Waals surface area (Å²) in [5.41, 5.74) is 2.79. The molecule has 0 unspecified atom stereocenters. The Morgan fingerprint density at radius 3 is 3.00 bits per heavy atom. The largest absolute Gasteiger partial charge is 0.303 e. The Bertz CT molecular complexity index is 815. The second-order valence-electron chi connectivity index (χ2n) is 6.17. The van der Waals surface area contributed by atoms with E-state index < -0.39 is 0 Å². The van der Waals surface area contributed by atoms with Crippen molar-refractivity contribution in [3.63, 3.8) is 0 Å². The van der Waals surface area contributed by atoms with E-state index in [1.54, 1.807) is 10.8 Å². The maximum atomic E-state index is 11.1. The van der Waals surface area contributed by atoms with Crippen LogP contribution >= 0.6 is 0 Å². The van der Waals surface area contributed by atoms with Crippen LogP contribution < -0.4 is 0 Å². The summed E-state index contributed by atoms with van der Waals surface area (Å²) >= 11 is 0. The maximum Gasteiger partial charge on any atom is 0.137 e. The maximum absolute atomic E-state index is 11.1. The van der Waals surface area contributed by atoms with Crippen LogP contribution in [0.3, 0.4) is 0 Å². The number of hydrogen-bond acceptors (Lipinski definition) is 4. The van der Waals surface area contributed by atoms with Crippen LogP contribution in [0.1, 0.15) is 38.1 Å². The first-order chi connectivity index (χ1) is 11.4. The SMILES string of the molecule is O=CC[C@@H](C1CCCC1)n1cc(-c2ncnn3cccc23)cn1. The van der Waals surface area contributed by atoms with E-state index in [1.807, 2.05) is 35.4 Å². The normalized spacial score (nSPS) is 16.9. The van der Waals surface area contributed by atoms with Gasteiger partial charge in [0.25, 0.3) is 0 Å². The molecule has 23 heavy (non-hydrogen) atoms. The van der Waals surface area contributed by atoms with Gasteiger partial charge in [-0.3, -0.25) is 4.68 Å². The molecule has 1 saturated carbocycles. The molecule has 1 atom stereocenters. The molecule has 1 aliphatic rings. The summed E-state index contributed by atoms with van der Waals surface area (Å²) in [6.45, 7) is 0. The van der Waals surface area contributed by atoms with Crippen molar-refractivity contribution in [1.82, 2.24) is 24.4 Å². The molecule has 0 bridgehead atoms. The van der Waals surface area contributed by atoms with Crippen LogP contribution in [0.25, 0.3) is 16.8 Å². The summed E-state index contributed by atoms with van der Waals surface area (Å²) in [4.78, 5) is 15.5. The minimum absolute atomic E-state index is 0.161. The molecule has 6 heteroatoms. The summed E-state index contributed by atoms with van der Waals surface area (Å²) in [6.07, 6.45) is 13.7. The van der Waals surface area contributed by atoms with Gasteiger partial charge in [-0.25, -0.2) is 9.50 Å². The van der Waals surface area contributed by atoms with Gasteiger partial charge in [0.2, 0.25) is 0 Å². The lowest BCUT2D eigenvalue weighted by Crippen LogP contribution is -2.18. The average Bonchev–Trinajstić information content (AvgIpc) is 3.32. The number of nitrogens with zero attached hydrogens (tertiary/aromatic N) is 5. The van der Waals surface area contributed by atoms with Crippen LogP contribution in [0.2, 0.25) is 0 Å². The topological polar surface area (TPSA) is 65.1 Å². The smallest absolute Gasteiger partial charge is 0.137 e. The number of fused-ring (bicyclic) bond motifs is 1. The van der Waals surface area contributed by atoms with Crippen LogP contribution in [0, 0.1) is 5.92 Å². The standard InChI is InChI=1S/C17H19N5O/c23-9-7-15(13-4-1-2-5-13)22-11-14(10-19-22)17-16-6-3-8-21(16)20-12-18-17/h3,6,8-13,15H,1-2,4-5,7H2/t15-/m0/s1. The molecule has 1 fully saturated rings. The zero-order chi connectivity index (χ0) is 15.6. The van der Waals surface area contributed by atoms with Crippen molar-refractivity contribution in [3.05, 3.63) is 37.1 Å².